The van der Waals surface area contributed by atoms with Crippen molar-refractivity contribution < 1.29 is 144 Å². The summed E-state index contributed by atoms with van der Waals surface area (Å²) in [6.07, 6.45) is -44.2. The van der Waals surface area contributed by atoms with Crippen molar-refractivity contribution in [3.05, 3.63) is 0 Å². The molecular formula is C39H65N3O29. The fourth-order valence-electron chi connectivity index (χ4n) is 8.84. The first kappa shape index (κ1) is 58.8. The van der Waals surface area contributed by atoms with Gasteiger partial charge in [0, 0.05) is 27.2 Å². The number of hydrogen-bond donors (Lipinski definition) is 19. The average molecular weight is 1040 g/mol. The van der Waals surface area contributed by atoms with E-state index in [2.05, 4.69) is 16.0 Å². The number of aliphatic carboxylic acids is 1. The number of amides is 3. The van der Waals surface area contributed by atoms with Crippen LogP contribution in [0.15, 0.2) is 0 Å². The minimum absolute atomic E-state index is 0.788. The van der Waals surface area contributed by atoms with Crippen molar-refractivity contribution in [2.24, 2.45) is 0 Å². The highest BCUT2D eigenvalue weighted by molar-refractivity contribution is 5.77. The van der Waals surface area contributed by atoms with E-state index in [4.69, 9.17) is 42.6 Å². The maximum absolute atomic E-state index is 13.0. The number of carbonyl (C=O) groups is 4. The third kappa shape index (κ3) is 13.1. The highest BCUT2D eigenvalue weighted by Crippen LogP contribution is 2.39. The van der Waals surface area contributed by atoms with Crippen molar-refractivity contribution in [2.75, 3.05) is 33.0 Å². The lowest BCUT2D eigenvalue weighted by atomic mass is 9.88. The highest BCUT2D eigenvalue weighted by Gasteiger charge is 2.61. The van der Waals surface area contributed by atoms with E-state index in [1.807, 2.05) is 0 Å². The van der Waals surface area contributed by atoms with Crippen molar-refractivity contribution in [2.45, 2.75) is 186 Å². The molecule has 0 aromatic heterocycles. The van der Waals surface area contributed by atoms with Crippen molar-refractivity contribution in [1.29, 1.82) is 0 Å². The zero-order chi connectivity index (χ0) is 53.0. The number of carbonyl (C=O) groups excluding carboxylic acids is 3. The standard InChI is InChI=1S/C39H65N3O29/c1-10(47)40-19-13(50)4-39(38(61)62,70-32(19)22(52)14(51)5-43)71-33-24(54)16(7-45)66-37(29(33)59)69-31-21(42-12(3)49)34(60)64-18(25(31)55)9-63-35-20(41-11(2)48)26(56)30(17(8-46)67-35)68-36-28(58)27(57)23(53)15(6-44)65-36/h13-37,43-46,50-60H,4-9H2,1-3H3,(H,40,47)(H,41,48)(H,42,49)(H,61,62)/t13-,14+,15+,16+,17+,18+,19+,20+,21+,22+,23-,24-,25-,26+,27-,28+,29+,30+,31+,32+,33-,34-,35+,36-,37-,39-/m0/s1. The molecule has 5 rings (SSSR count). The Morgan fingerprint density at radius 3 is 1.63 bits per heavy atom. The lowest BCUT2D eigenvalue weighted by Gasteiger charge is -2.51. The number of carboxylic acid groups (broad SMARTS) is 1. The van der Waals surface area contributed by atoms with Crippen LogP contribution in [0, 0.1) is 0 Å². The lowest BCUT2D eigenvalue weighted by Crippen LogP contribution is -2.71. The third-order valence-electron chi connectivity index (χ3n) is 12.5. The first-order chi connectivity index (χ1) is 33.3. The number of rotatable bonds is 19. The summed E-state index contributed by atoms with van der Waals surface area (Å²) in [5.74, 6) is -7.69. The summed E-state index contributed by atoms with van der Waals surface area (Å²) in [5, 5.41) is 177. The van der Waals surface area contributed by atoms with Crippen LogP contribution in [0.3, 0.4) is 0 Å². The Hall–Kier alpha value is -3.08. The maximum Gasteiger partial charge on any atom is 0.364 e. The molecule has 5 aliphatic heterocycles. The van der Waals surface area contributed by atoms with Crippen LogP contribution in [0.2, 0.25) is 0 Å². The summed E-state index contributed by atoms with van der Waals surface area (Å²) in [6.45, 7) is -1.88. The molecule has 19 N–H and O–H groups in total. The van der Waals surface area contributed by atoms with Gasteiger partial charge in [0.1, 0.15) is 116 Å². The molecule has 0 unspecified atom stereocenters. The predicted octanol–water partition coefficient (Wildman–Crippen LogP) is -12.3. The summed E-state index contributed by atoms with van der Waals surface area (Å²) in [4.78, 5) is 49.7. The van der Waals surface area contributed by atoms with Gasteiger partial charge in [-0.15, -0.1) is 0 Å². The summed E-state index contributed by atoms with van der Waals surface area (Å²) in [7, 11) is 0. The van der Waals surface area contributed by atoms with Gasteiger partial charge in [-0.1, -0.05) is 0 Å². The molecule has 410 valence electrons. The Morgan fingerprint density at radius 1 is 0.577 bits per heavy atom. The van der Waals surface area contributed by atoms with Crippen LogP contribution < -0.4 is 16.0 Å². The molecule has 0 bridgehead atoms. The Morgan fingerprint density at radius 2 is 1.08 bits per heavy atom. The smallest absolute Gasteiger partial charge is 0.364 e. The highest BCUT2D eigenvalue weighted by atomic mass is 16.8. The second-order valence-corrected chi connectivity index (χ2v) is 17.6. The predicted molar refractivity (Wildman–Crippen MR) is 219 cm³/mol. The molecule has 5 heterocycles. The van der Waals surface area contributed by atoms with Gasteiger partial charge in [0.15, 0.2) is 25.2 Å². The zero-order valence-electron chi connectivity index (χ0n) is 38.1. The lowest BCUT2D eigenvalue weighted by molar-refractivity contribution is -0.381. The summed E-state index contributed by atoms with van der Waals surface area (Å²) >= 11 is 0. The van der Waals surface area contributed by atoms with Crippen LogP contribution >= 0.6 is 0 Å². The second kappa shape index (κ2) is 25.0. The summed E-state index contributed by atoms with van der Waals surface area (Å²) in [6, 6.07) is -5.04. The number of aliphatic hydroxyl groups is 15. The molecule has 71 heavy (non-hydrogen) atoms. The summed E-state index contributed by atoms with van der Waals surface area (Å²) < 4.78 is 50.9. The largest absolute Gasteiger partial charge is 0.477 e. The van der Waals surface area contributed by atoms with Gasteiger partial charge in [0.2, 0.25) is 17.7 Å². The SMILES string of the molecule is CC(=O)N[C@@H]1[C@@H](O[C@@H]2O[C@H](CO)[C@H](O)[C@H](O[C@]3(C(=O)O)C[C@H](O)[C@@H](NC(C)=O)[C@H]([C@H](O)[C@H](O)CO)O3)[C@H]2O)[C@@H](O)[C@@H](CO[C@@H]2O[C@H](CO)[C@@H](O[C@@H]3O[C@H](CO)[C@H](O)[C@H](O)[C@H]3O)[C@H](O)[C@H]2NC(C)=O)O[C@@H]1O. The molecule has 0 radical (unpaired) electrons. The number of ether oxygens (including phenoxy) is 9. The molecule has 0 aromatic rings. The third-order valence-corrected chi connectivity index (χ3v) is 12.5. The molecule has 5 fully saturated rings. The van der Waals surface area contributed by atoms with Gasteiger partial charge in [0.25, 0.3) is 5.79 Å². The number of carboxylic acids is 1. The van der Waals surface area contributed by atoms with Gasteiger partial charge in [0.05, 0.1) is 45.2 Å². The molecule has 0 aliphatic carbocycles. The molecule has 26 atom stereocenters. The van der Waals surface area contributed by atoms with Crippen LogP contribution in [0.5, 0.6) is 0 Å². The van der Waals surface area contributed by atoms with E-state index in [0.29, 0.717) is 0 Å². The molecule has 3 amide bonds. The number of nitrogens with one attached hydrogen (secondary N) is 3. The van der Waals surface area contributed by atoms with Crippen molar-refractivity contribution in [1.82, 2.24) is 16.0 Å². The topological polar surface area (TPSA) is 511 Å². The minimum Gasteiger partial charge on any atom is -0.477 e. The average Bonchev–Trinajstić information content (AvgIpc) is 3.31. The molecular weight excluding hydrogens is 974 g/mol. The van der Waals surface area contributed by atoms with Gasteiger partial charge in [-0.25, -0.2) is 4.79 Å². The Balaban J connectivity index is 1.39. The van der Waals surface area contributed by atoms with Crippen molar-refractivity contribution in [3.63, 3.8) is 0 Å². The zero-order valence-corrected chi connectivity index (χ0v) is 38.1. The van der Waals surface area contributed by atoms with E-state index in [1.54, 1.807) is 0 Å². The van der Waals surface area contributed by atoms with Crippen LogP contribution in [0.4, 0.5) is 0 Å². The Bertz CT molecular complexity index is 1770. The van der Waals surface area contributed by atoms with Gasteiger partial charge in [-0.2, -0.15) is 0 Å². The summed E-state index contributed by atoms with van der Waals surface area (Å²) in [5.41, 5.74) is 0. The monoisotopic (exact) mass is 1040 g/mol. The van der Waals surface area contributed by atoms with E-state index in [9.17, 15) is 101 Å². The van der Waals surface area contributed by atoms with E-state index in [-0.39, 0.29) is 0 Å². The molecule has 32 heteroatoms. The number of hydrogen-bond acceptors (Lipinski definition) is 28. The van der Waals surface area contributed by atoms with Crippen LogP contribution in [-0.4, -0.2) is 297 Å². The van der Waals surface area contributed by atoms with Gasteiger partial charge in [-0.05, 0) is 0 Å². The van der Waals surface area contributed by atoms with E-state index >= 15 is 0 Å². The Kier molecular flexibility index (Phi) is 20.7. The van der Waals surface area contributed by atoms with Gasteiger partial charge in [-0.3, -0.25) is 14.4 Å². The van der Waals surface area contributed by atoms with E-state index in [1.165, 1.54) is 0 Å². The van der Waals surface area contributed by atoms with E-state index < -0.39 is 222 Å². The molecule has 32 nitrogen and oxygen atoms in total. The van der Waals surface area contributed by atoms with E-state index in [0.717, 1.165) is 20.8 Å². The molecule has 5 aliphatic rings. The van der Waals surface area contributed by atoms with Crippen LogP contribution in [0.25, 0.3) is 0 Å². The molecule has 5 saturated heterocycles. The minimum atomic E-state index is -3.18. The van der Waals surface area contributed by atoms with Crippen molar-refractivity contribution in [3.8, 4) is 0 Å². The van der Waals surface area contributed by atoms with Gasteiger partial charge < -0.3 is 140 Å². The normalized spacial score (nSPS) is 45.0. The van der Waals surface area contributed by atoms with Gasteiger partial charge >= 0.3 is 5.97 Å². The number of aliphatic hydroxyl groups excluding tert-OH is 15. The maximum atomic E-state index is 13.0. The Labute approximate surface area is 402 Å². The van der Waals surface area contributed by atoms with Crippen LogP contribution in [0.1, 0.15) is 27.2 Å². The van der Waals surface area contributed by atoms with Crippen LogP contribution in [-0.2, 0) is 61.8 Å². The first-order valence-corrected chi connectivity index (χ1v) is 22.2. The quantitative estimate of drug-likeness (QED) is 0.0571. The fraction of sp³-hybridized carbons (Fsp3) is 0.897. The fourth-order valence-corrected chi connectivity index (χ4v) is 8.84. The first-order valence-electron chi connectivity index (χ1n) is 22.2. The molecule has 0 saturated carbocycles. The second-order valence-electron chi connectivity index (χ2n) is 17.6. The molecule has 0 aromatic carbocycles. The van der Waals surface area contributed by atoms with Crippen molar-refractivity contribution >= 4 is 23.7 Å². The molecule has 0 spiro atoms.